The molecule has 1 saturated carbocycles. The zero-order chi connectivity index (χ0) is 11.8. The topological polar surface area (TPSA) is 21.3 Å². The lowest BCUT2D eigenvalue weighted by atomic mass is 9.90. The molecule has 2 heteroatoms. The molecule has 2 rings (SSSR count). The van der Waals surface area contributed by atoms with Crippen molar-refractivity contribution in [1.82, 2.24) is 5.32 Å². The molecule has 0 spiro atoms. The van der Waals surface area contributed by atoms with Crippen LogP contribution in [-0.4, -0.2) is 23.3 Å². The summed E-state index contributed by atoms with van der Waals surface area (Å²) in [5.41, 5.74) is 0.0246. The lowest BCUT2D eigenvalue weighted by molar-refractivity contribution is -0.0706. The quantitative estimate of drug-likeness (QED) is 0.779. The molecular weight excluding hydrogens is 198 g/mol. The summed E-state index contributed by atoms with van der Waals surface area (Å²) in [6.07, 6.45) is 8.06. The second kappa shape index (κ2) is 4.30. The lowest BCUT2D eigenvalue weighted by Gasteiger charge is -2.32. The van der Waals surface area contributed by atoms with Crippen LogP contribution >= 0.6 is 0 Å². The van der Waals surface area contributed by atoms with Crippen molar-refractivity contribution in [3.05, 3.63) is 0 Å². The molecule has 1 unspecified atom stereocenters. The molecule has 1 N–H and O–H groups in total. The van der Waals surface area contributed by atoms with Crippen LogP contribution < -0.4 is 5.32 Å². The minimum atomic E-state index is -0.0129. The molecule has 1 aliphatic carbocycles. The average molecular weight is 225 g/mol. The monoisotopic (exact) mass is 225 g/mol. The maximum absolute atomic E-state index is 6.13. The minimum Gasteiger partial charge on any atom is -0.368 e. The molecule has 0 bridgehead atoms. The van der Waals surface area contributed by atoms with Gasteiger partial charge in [0.25, 0.3) is 0 Å². The summed E-state index contributed by atoms with van der Waals surface area (Å²) < 4.78 is 6.13. The van der Waals surface area contributed by atoms with Crippen LogP contribution in [0.25, 0.3) is 0 Å². The van der Waals surface area contributed by atoms with Gasteiger partial charge in [0, 0.05) is 12.1 Å². The Balaban J connectivity index is 1.93. The smallest absolute Gasteiger partial charge is 0.0787 e. The Bertz CT molecular complexity index is 241. The van der Waals surface area contributed by atoms with Gasteiger partial charge in [-0.2, -0.15) is 0 Å². The highest BCUT2D eigenvalue weighted by atomic mass is 16.5. The van der Waals surface area contributed by atoms with Gasteiger partial charge in [-0.1, -0.05) is 19.3 Å². The fourth-order valence-corrected chi connectivity index (χ4v) is 3.38. The molecule has 0 aromatic carbocycles. The molecule has 1 heterocycles. The van der Waals surface area contributed by atoms with Gasteiger partial charge in [-0.3, -0.25) is 0 Å². The summed E-state index contributed by atoms with van der Waals surface area (Å²) in [4.78, 5) is 0. The second-order valence-corrected chi connectivity index (χ2v) is 6.72. The van der Waals surface area contributed by atoms with Crippen LogP contribution in [0.5, 0.6) is 0 Å². The Hall–Kier alpha value is -0.0800. The van der Waals surface area contributed by atoms with Crippen molar-refractivity contribution in [2.24, 2.45) is 0 Å². The van der Waals surface area contributed by atoms with E-state index in [1.54, 1.807) is 0 Å². The Kier molecular flexibility index (Phi) is 3.33. The fraction of sp³-hybridized carbons (Fsp3) is 1.00. The third kappa shape index (κ3) is 2.78. The normalized spacial score (nSPS) is 34.1. The molecule has 94 valence electrons. The van der Waals surface area contributed by atoms with Gasteiger partial charge in [0.15, 0.2) is 0 Å². The van der Waals surface area contributed by atoms with E-state index in [-0.39, 0.29) is 11.2 Å². The van der Waals surface area contributed by atoms with E-state index in [0.29, 0.717) is 6.04 Å². The standard InChI is InChI=1S/C14H27NO/c1-13(2)10-12(14(3,4)16-13)15-11-8-6-5-7-9-11/h11-12,15H,5-10H2,1-4H3. The largest absolute Gasteiger partial charge is 0.368 e. The summed E-state index contributed by atoms with van der Waals surface area (Å²) in [5.74, 6) is 0. The van der Waals surface area contributed by atoms with Crippen molar-refractivity contribution in [3.8, 4) is 0 Å². The van der Waals surface area contributed by atoms with E-state index in [2.05, 4.69) is 33.0 Å². The third-order valence-corrected chi connectivity index (χ3v) is 4.12. The Morgan fingerprint density at radius 3 is 2.12 bits per heavy atom. The first-order chi connectivity index (χ1) is 7.39. The van der Waals surface area contributed by atoms with Crippen molar-refractivity contribution in [1.29, 1.82) is 0 Å². The predicted molar refractivity (Wildman–Crippen MR) is 67.7 cm³/mol. The Labute approximate surface area is 100 Å². The summed E-state index contributed by atoms with van der Waals surface area (Å²) in [6, 6.07) is 1.25. The maximum atomic E-state index is 6.13. The third-order valence-electron chi connectivity index (χ3n) is 4.12. The van der Waals surface area contributed by atoms with Gasteiger partial charge in [-0.25, -0.2) is 0 Å². The number of hydrogen-bond donors (Lipinski definition) is 1. The van der Waals surface area contributed by atoms with E-state index >= 15 is 0 Å². The summed E-state index contributed by atoms with van der Waals surface area (Å²) in [5, 5.41) is 3.84. The highest BCUT2D eigenvalue weighted by Gasteiger charge is 2.46. The van der Waals surface area contributed by atoms with Crippen LogP contribution in [0.3, 0.4) is 0 Å². The number of hydrogen-bond acceptors (Lipinski definition) is 2. The molecule has 0 aromatic rings. The first kappa shape index (κ1) is 12.4. The summed E-state index contributed by atoms with van der Waals surface area (Å²) >= 11 is 0. The lowest BCUT2D eigenvalue weighted by Crippen LogP contribution is -2.48. The van der Waals surface area contributed by atoms with Crippen LogP contribution in [0, 0.1) is 0 Å². The van der Waals surface area contributed by atoms with Crippen LogP contribution in [0.4, 0.5) is 0 Å². The predicted octanol–water partition coefficient (Wildman–Crippen LogP) is 3.25. The number of rotatable bonds is 2. The van der Waals surface area contributed by atoms with Crippen LogP contribution in [0.2, 0.25) is 0 Å². The highest BCUT2D eigenvalue weighted by molar-refractivity contribution is 5.00. The van der Waals surface area contributed by atoms with Gasteiger partial charge >= 0.3 is 0 Å². The van der Waals surface area contributed by atoms with Gasteiger partial charge in [0.05, 0.1) is 11.2 Å². The minimum absolute atomic E-state index is 0.0129. The number of nitrogens with one attached hydrogen (secondary N) is 1. The molecule has 0 amide bonds. The van der Waals surface area contributed by atoms with Crippen molar-refractivity contribution in [2.45, 2.75) is 89.5 Å². The summed E-state index contributed by atoms with van der Waals surface area (Å²) in [6.45, 7) is 8.86. The Morgan fingerprint density at radius 1 is 1.00 bits per heavy atom. The van der Waals surface area contributed by atoms with E-state index in [1.807, 2.05) is 0 Å². The average Bonchev–Trinajstić information content (AvgIpc) is 2.36. The zero-order valence-corrected chi connectivity index (χ0v) is 11.3. The van der Waals surface area contributed by atoms with Crippen molar-refractivity contribution < 1.29 is 4.74 Å². The van der Waals surface area contributed by atoms with Gasteiger partial charge < -0.3 is 10.1 Å². The molecular formula is C14H27NO. The molecule has 1 atom stereocenters. The van der Waals surface area contributed by atoms with Crippen LogP contribution in [0.1, 0.15) is 66.2 Å². The molecule has 2 nitrogen and oxygen atoms in total. The van der Waals surface area contributed by atoms with Crippen molar-refractivity contribution >= 4 is 0 Å². The van der Waals surface area contributed by atoms with Gasteiger partial charge in [-0.15, -0.1) is 0 Å². The SMILES string of the molecule is CC1(C)CC(NC2CCCCC2)C(C)(C)O1. The summed E-state index contributed by atoms with van der Waals surface area (Å²) in [7, 11) is 0. The number of ether oxygens (including phenoxy) is 1. The van der Waals surface area contributed by atoms with E-state index in [4.69, 9.17) is 4.74 Å². The van der Waals surface area contributed by atoms with Crippen molar-refractivity contribution in [3.63, 3.8) is 0 Å². The van der Waals surface area contributed by atoms with E-state index in [1.165, 1.54) is 32.1 Å². The highest BCUT2D eigenvalue weighted by Crippen LogP contribution is 2.38. The van der Waals surface area contributed by atoms with Gasteiger partial charge in [-0.05, 0) is 47.0 Å². The molecule has 1 aliphatic heterocycles. The molecule has 2 aliphatic rings. The van der Waals surface area contributed by atoms with Crippen LogP contribution in [0.15, 0.2) is 0 Å². The van der Waals surface area contributed by atoms with E-state index < -0.39 is 0 Å². The first-order valence-electron chi connectivity index (χ1n) is 6.85. The molecule has 16 heavy (non-hydrogen) atoms. The maximum Gasteiger partial charge on any atom is 0.0787 e. The molecule has 0 aromatic heterocycles. The molecule has 2 fully saturated rings. The first-order valence-corrected chi connectivity index (χ1v) is 6.85. The van der Waals surface area contributed by atoms with Gasteiger partial charge in [0.1, 0.15) is 0 Å². The molecule has 1 saturated heterocycles. The zero-order valence-electron chi connectivity index (χ0n) is 11.3. The van der Waals surface area contributed by atoms with Gasteiger partial charge in [0.2, 0.25) is 0 Å². The fourth-order valence-electron chi connectivity index (χ4n) is 3.38. The van der Waals surface area contributed by atoms with Crippen LogP contribution in [-0.2, 0) is 4.74 Å². The second-order valence-electron chi connectivity index (χ2n) is 6.72. The van der Waals surface area contributed by atoms with E-state index in [0.717, 1.165) is 12.5 Å². The molecule has 0 radical (unpaired) electrons. The Morgan fingerprint density at radius 2 is 1.62 bits per heavy atom. The van der Waals surface area contributed by atoms with E-state index in [9.17, 15) is 0 Å². The van der Waals surface area contributed by atoms with Crippen molar-refractivity contribution in [2.75, 3.05) is 0 Å².